The average Bonchev–Trinajstić information content (AvgIpc) is 2.97. The number of nitrogens with one attached hydrogen (secondary N) is 3. The van der Waals surface area contributed by atoms with Gasteiger partial charge in [0, 0.05) is 18.5 Å². The van der Waals surface area contributed by atoms with Crippen molar-refractivity contribution >= 4 is 11.7 Å². The van der Waals surface area contributed by atoms with E-state index in [0.29, 0.717) is 11.4 Å². The lowest BCUT2D eigenvalue weighted by Gasteiger charge is -2.08. The first-order valence-electron chi connectivity index (χ1n) is 8.06. The maximum atomic E-state index is 12.2. The maximum absolute atomic E-state index is 12.2. The summed E-state index contributed by atoms with van der Waals surface area (Å²) in [6.07, 6.45) is 4.23. The molecule has 1 amide bonds. The van der Waals surface area contributed by atoms with Gasteiger partial charge in [-0.3, -0.25) is 25.7 Å². The number of H-pyrrole nitrogens is 1. The molecule has 0 spiro atoms. The van der Waals surface area contributed by atoms with E-state index in [2.05, 4.69) is 26.0 Å². The Morgan fingerprint density at radius 3 is 2.83 bits per heavy atom. The quantitative estimate of drug-likeness (QED) is 0.754. The normalized spacial score (nSPS) is 14.5. The molecule has 0 saturated heterocycles. The Morgan fingerprint density at radius 2 is 2.04 bits per heavy atom. The molecule has 1 aliphatic heterocycles. The number of ether oxygens (including phenoxy) is 1. The van der Waals surface area contributed by atoms with Crippen molar-refractivity contribution in [3.63, 3.8) is 0 Å². The first kappa shape index (κ1) is 16.0. The second kappa shape index (κ2) is 7.63. The van der Waals surface area contributed by atoms with Crippen LogP contribution in [-0.2, 0) is 0 Å². The lowest BCUT2D eigenvalue weighted by molar-refractivity contribution is 0.0938. The Kier molecular flexibility index (Phi) is 5.10. The van der Waals surface area contributed by atoms with Crippen molar-refractivity contribution in [3.8, 4) is 17.0 Å². The van der Waals surface area contributed by atoms with E-state index < -0.39 is 0 Å². The highest BCUT2D eigenvalue weighted by atomic mass is 16.5. The number of aliphatic imine (C=N–C) groups is 1. The van der Waals surface area contributed by atoms with Crippen LogP contribution in [-0.4, -0.2) is 35.6 Å². The summed E-state index contributed by atoms with van der Waals surface area (Å²) >= 11 is 0. The topological polar surface area (TPSA) is 91.4 Å². The monoisotopic (exact) mass is 327 g/mol. The molecule has 2 aromatic rings. The standard InChI is InChI=1S/C17H21N5O2/c1-24-13-8-6-12(7-9-13)14-11-15(20-19-14)17(23)22-21-16-5-3-2-4-10-18-16/h6-9,11H,2-5,10H2,1H3,(H,18,21)(H,19,20)(H,22,23). The van der Waals surface area contributed by atoms with Crippen molar-refractivity contribution in [3.05, 3.63) is 36.0 Å². The first-order chi connectivity index (χ1) is 11.8. The number of amidine groups is 1. The molecule has 1 aliphatic rings. The van der Waals surface area contributed by atoms with Crippen LogP contribution in [0.1, 0.15) is 36.2 Å². The van der Waals surface area contributed by atoms with Crippen molar-refractivity contribution in [2.45, 2.75) is 25.7 Å². The Balaban J connectivity index is 1.61. The van der Waals surface area contributed by atoms with Crippen LogP contribution in [0.3, 0.4) is 0 Å². The lowest BCUT2D eigenvalue weighted by atomic mass is 10.1. The predicted octanol–water partition coefficient (Wildman–Crippen LogP) is 2.29. The van der Waals surface area contributed by atoms with E-state index in [4.69, 9.17) is 4.74 Å². The maximum Gasteiger partial charge on any atom is 0.287 e. The fourth-order valence-corrected chi connectivity index (χ4v) is 2.52. The summed E-state index contributed by atoms with van der Waals surface area (Å²) in [4.78, 5) is 16.6. The highest BCUT2D eigenvalue weighted by Crippen LogP contribution is 2.21. The number of nitrogens with zero attached hydrogens (tertiary/aromatic N) is 2. The summed E-state index contributed by atoms with van der Waals surface area (Å²) in [5.74, 6) is 1.34. The zero-order chi connectivity index (χ0) is 16.8. The van der Waals surface area contributed by atoms with Crippen LogP contribution in [0.15, 0.2) is 35.3 Å². The zero-order valence-electron chi connectivity index (χ0n) is 13.6. The number of rotatable bonds is 3. The zero-order valence-corrected chi connectivity index (χ0v) is 13.6. The second-order valence-corrected chi connectivity index (χ2v) is 5.61. The van der Waals surface area contributed by atoms with Gasteiger partial charge in [0.1, 0.15) is 17.3 Å². The van der Waals surface area contributed by atoms with Gasteiger partial charge < -0.3 is 4.74 Å². The molecule has 126 valence electrons. The highest BCUT2D eigenvalue weighted by molar-refractivity contribution is 5.95. The summed E-state index contributed by atoms with van der Waals surface area (Å²) in [5, 5.41) is 6.95. The number of carbonyl (C=O) groups excluding carboxylic acids is 1. The summed E-state index contributed by atoms with van der Waals surface area (Å²) < 4.78 is 5.14. The van der Waals surface area contributed by atoms with Gasteiger partial charge >= 0.3 is 0 Å². The largest absolute Gasteiger partial charge is 0.497 e. The molecule has 0 fully saturated rings. The molecule has 1 aromatic heterocycles. The summed E-state index contributed by atoms with van der Waals surface area (Å²) in [5.41, 5.74) is 7.58. The van der Waals surface area contributed by atoms with Gasteiger partial charge in [0.25, 0.3) is 5.91 Å². The minimum atomic E-state index is -0.269. The number of carbonyl (C=O) groups is 1. The Morgan fingerprint density at radius 1 is 1.21 bits per heavy atom. The Bertz CT molecular complexity index is 721. The molecule has 7 heteroatoms. The van der Waals surface area contributed by atoms with E-state index in [9.17, 15) is 4.79 Å². The van der Waals surface area contributed by atoms with Gasteiger partial charge in [-0.05, 0) is 43.2 Å². The van der Waals surface area contributed by atoms with Gasteiger partial charge in [-0.1, -0.05) is 6.42 Å². The molecular formula is C17H21N5O2. The van der Waals surface area contributed by atoms with Crippen LogP contribution in [0.5, 0.6) is 5.75 Å². The fourth-order valence-electron chi connectivity index (χ4n) is 2.52. The number of amides is 1. The average molecular weight is 327 g/mol. The third-order valence-electron chi connectivity index (χ3n) is 3.90. The Hall–Kier alpha value is -2.83. The van der Waals surface area contributed by atoms with E-state index in [1.54, 1.807) is 13.2 Å². The molecule has 1 aromatic carbocycles. The second-order valence-electron chi connectivity index (χ2n) is 5.61. The molecular weight excluding hydrogens is 306 g/mol. The van der Waals surface area contributed by atoms with Gasteiger partial charge in [0.2, 0.25) is 0 Å². The van der Waals surface area contributed by atoms with Crippen LogP contribution < -0.4 is 15.6 Å². The molecule has 2 heterocycles. The molecule has 3 rings (SSSR count). The number of hydrazine groups is 1. The summed E-state index contributed by atoms with van der Waals surface area (Å²) in [6, 6.07) is 9.23. The third-order valence-corrected chi connectivity index (χ3v) is 3.90. The predicted molar refractivity (Wildman–Crippen MR) is 91.9 cm³/mol. The number of hydrogen-bond acceptors (Lipinski definition) is 5. The van der Waals surface area contributed by atoms with Crippen molar-refractivity contribution in [2.24, 2.45) is 4.99 Å². The minimum absolute atomic E-state index is 0.269. The fraction of sp³-hybridized carbons (Fsp3) is 0.353. The van der Waals surface area contributed by atoms with Crippen molar-refractivity contribution in [1.29, 1.82) is 0 Å². The van der Waals surface area contributed by atoms with E-state index in [1.165, 1.54) is 6.42 Å². The molecule has 0 aliphatic carbocycles. The van der Waals surface area contributed by atoms with Crippen LogP contribution in [0, 0.1) is 0 Å². The van der Waals surface area contributed by atoms with Crippen LogP contribution in [0.2, 0.25) is 0 Å². The molecule has 0 bridgehead atoms. The van der Waals surface area contributed by atoms with Crippen LogP contribution >= 0.6 is 0 Å². The number of aromatic nitrogens is 2. The van der Waals surface area contributed by atoms with Gasteiger partial charge in [-0.2, -0.15) is 5.10 Å². The van der Waals surface area contributed by atoms with Crippen molar-refractivity contribution in [2.75, 3.05) is 13.7 Å². The van der Waals surface area contributed by atoms with E-state index in [-0.39, 0.29) is 5.91 Å². The smallest absolute Gasteiger partial charge is 0.287 e. The molecule has 3 N–H and O–H groups in total. The SMILES string of the molecule is COc1ccc(-c2cc(C(=O)NNC3=NCCCCC3)[nH]n2)cc1. The van der Waals surface area contributed by atoms with Crippen LogP contribution in [0.25, 0.3) is 11.3 Å². The van der Waals surface area contributed by atoms with Gasteiger partial charge in [0.05, 0.1) is 12.8 Å². The first-order valence-corrected chi connectivity index (χ1v) is 8.06. The molecule has 7 nitrogen and oxygen atoms in total. The lowest BCUT2D eigenvalue weighted by Crippen LogP contribution is -2.41. The number of aromatic amines is 1. The third kappa shape index (κ3) is 3.92. The summed E-state index contributed by atoms with van der Waals surface area (Å²) in [6.45, 7) is 0.809. The van der Waals surface area contributed by atoms with E-state index in [0.717, 1.165) is 43.0 Å². The summed E-state index contributed by atoms with van der Waals surface area (Å²) in [7, 11) is 1.62. The molecule has 0 saturated carbocycles. The number of hydrogen-bond donors (Lipinski definition) is 3. The van der Waals surface area contributed by atoms with Gasteiger partial charge in [0.15, 0.2) is 0 Å². The number of benzene rings is 1. The molecule has 0 unspecified atom stereocenters. The van der Waals surface area contributed by atoms with Crippen molar-refractivity contribution in [1.82, 2.24) is 21.0 Å². The molecule has 0 radical (unpaired) electrons. The van der Waals surface area contributed by atoms with Gasteiger partial charge in [-0.15, -0.1) is 0 Å². The molecule has 24 heavy (non-hydrogen) atoms. The van der Waals surface area contributed by atoms with Gasteiger partial charge in [-0.25, -0.2) is 0 Å². The highest BCUT2D eigenvalue weighted by Gasteiger charge is 2.12. The minimum Gasteiger partial charge on any atom is -0.497 e. The Labute approximate surface area is 140 Å². The molecule has 0 atom stereocenters. The van der Waals surface area contributed by atoms with E-state index in [1.807, 2.05) is 24.3 Å². The van der Waals surface area contributed by atoms with Crippen molar-refractivity contribution < 1.29 is 9.53 Å². The van der Waals surface area contributed by atoms with Crippen LogP contribution in [0.4, 0.5) is 0 Å². The van der Waals surface area contributed by atoms with E-state index >= 15 is 0 Å². The number of methoxy groups -OCH3 is 1.